The fourth-order valence-electron chi connectivity index (χ4n) is 4.57. The topological polar surface area (TPSA) is 80.8 Å². The minimum Gasteiger partial charge on any atom is -0.381 e. The summed E-state index contributed by atoms with van der Waals surface area (Å²) in [5.41, 5.74) is -4.59. The first-order chi connectivity index (χ1) is 19.7. The predicted octanol–water partition coefficient (Wildman–Crippen LogP) is 6.14. The van der Waals surface area contributed by atoms with Crippen molar-refractivity contribution in [2.24, 2.45) is 0 Å². The molecule has 0 bridgehead atoms. The maximum Gasteiger partial charge on any atom is 0.416 e. The van der Waals surface area contributed by atoms with Crippen molar-refractivity contribution in [1.82, 2.24) is 24.5 Å². The second kappa shape index (κ2) is 10.7. The van der Waals surface area contributed by atoms with Crippen molar-refractivity contribution in [3.63, 3.8) is 0 Å². The van der Waals surface area contributed by atoms with Gasteiger partial charge in [0.2, 0.25) is 0 Å². The lowest BCUT2D eigenvalue weighted by molar-refractivity contribution is -0.143. The van der Waals surface area contributed by atoms with Crippen LogP contribution in [-0.4, -0.2) is 29.7 Å². The van der Waals surface area contributed by atoms with E-state index in [0.717, 1.165) is 18.2 Å². The molecule has 3 aromatic carbocycles. The Bertz CT molecular complexity index is 1710. The van der Waals surface area contributed by atoms with Crippen molar-refractivity contribution in [3.8, 4) is 0 Å². The van der Waals surface area contributed by atoms with E-state index in [1.165, 1.54) is 34.3 Å². The van der Waals surface area contributed by atoms with Gasteiger partial charge in [-0.15, -0.1) is 0 Å². The van der Waals surface area contributed by atoms with Crippen LogP contribution in [0.5, 0.6) is 0 Å². The van der Waals surface area contributed by atoms with Crippen molar-refractivity contribution >= 4 is 16.6 Å². The third-order valence-corrected chi connectivity index (χ3v) is 6.52. The van der Waals surface area contributed by atoms with Crippen LogP contribution in [0.4, 0.5) is 40.8 Å². The summed E-state index contributed by atoms with van der Waals surface area (Å²) in [6.07, 6.45) is -5.89. The largest absolute Gasteiger partial charge is 0.416 e. The smallest absolute Gasteiger partial charge is 0.381 e. The van der Waals surface area contributed by atoms with Crippen molar-refractivity contribution in [2.75, 3.05) is 5.32 Å². The van der Waals surface area contributed by atoms with Crippen LogP contribution in [0, 0.1) is 11.6 Å². The van der Waals surface area contributed by atoms with Gasteiger partial charge in [-0.2, -0.15) is 36.5 Å². The molecule has 0 aliphatic heterocycles. The highest BCUT2D eigenvalue weighted by Gasteiger charge is 2.38. The zero-order valence-electron chi connectivity index (χ0n) is 21.3. The normalized spacial score (nSPS) is 13.8. The average molecular weight is 596 g/mol. The summed E-state index contributed by atoms with van der Waals surface area (Å²) >= 11 is 0. The number of aromatic nitrogens is 5. The van der Waals surface area contributed by atoms with Gasteiger partial charge in [0, 0.05) is 35.4 Å². The second-order valence-corrected chi connectivity index (χ2v) is 9.57. The number of benzene rings is 3. The number of halogens is 8. The first kappa shape index (κ1) is 29.0. The van der Waals surface area contributed by atoms with E-state index < -0.39 is 47.3 Å². The summed E-state index contributed by atoms with van der Waals surface area (Å²) in [5, 5.41) is 23.1. The number of aliphatic hydroxyl groups is 1. The van der Waals surface area contributed by atoms with Crippen LogP contribution in [0.2, 0.25) is 0 Å². The quantitative estimate of drug-likeness (QED) is 0.210. The van der Waals surface area contributed by atoms with Gasteiger partial charge in [-0.1, -0.05) is 12.1 Å². The Hall–Kier alpha value is -4.53. The third-order valence-electron chi connectivity index (χ3n) is 6.52. The number of nitrogens with zero attached hydrogens (tertiary/aromatic N) is 5. The molecule has 1 unspecified atom stereocenters. The Morgan fingerprint density at radius 3 is 2.24 bits per heavy atom. The molecule has 2 heterocycles. The zero-order chi connectivity index (χ0) is 30.3. The number of hydrogen-bond acceptors (Lipinski definition) is 5. The standard InChI is InChI=1S/C27H20F8N6O/c28-19-3-5-21(23(29)9-19)25(42,13-41-15-36-14-38-41)12-40-11-17-7-20(4-6-24(17)39-40)37-10-16-1-2-18(26(30,31)32)8-22(16)27(33,34)35/h1-9,11,14-15,37,42H,10,12-13H2. The summed E-state index contributed by atoms with van der Waals surface area (Å²) in [6.45, 7) is -0.977. The van der Waals surface area contributed by atoms with Gasteiger partial charge in [0.25, 0.3) is 0 Å². The van der Waals surface area contributed by atoms with Crippen molar-refractivity contribution in [2.45, 2.75) is 37.6 Å². The second-order valence-electron chi connectivity index (χ2n) is 9.57. The molecule has 1 atom stereocenters. The van der Waals surface area contributed by atoms with E-state index >= 15 is 0 Å². The maximum atomic E-state index is 14.7. The molecule has 220 valence electrons. The van der Waals surface area contributed by atoms with Crippen LogP contribution in [0.3, 0.4) is 0 Å². The number of alkyl halides is 6. The van der Waals surface area contributed by atoms with Gasteiger partial charge >= 0.3 is 12.4 Å². The molecule has 0 aliphatic carbocycles. The van der Waals surface area contributed by atoms with Gasteiger partial charge in [0.15, 0.2) is 0 Å². The highest BCUT2D eigenvalue weighted by Crippen LogP contribution is 2.37. The van der Waals surface area contributed by atoms with Gasteiger partial charge in [-0.3, -0.25) is 4.68 Å². The predicted molar refractivity (Wildman–Crippen MR) is 134 cm³/mol. The maximum absolute atomic E-state index is 14.7. The minimum absolute atomic E-state index is 0.0780. The van der Waals surface area contributed by atoms with Gasteiger partial charge in [-0.05, 0) is 42.0 Å². The number of nitrogens with one attached hydrogen (secondary N) is 1. The first-order valence-corrected chi connectivity index (χ1v) is 12.2. The Morgan fingerprint density at radius 2 is 1.57 bits per heavy atom. The Kier molecular flexibility index (Phi) is 7.39. The molecule has 0 aliphatic rings. The minimum atomic E-state index is -5.00. The lowest BCUT2D eigenvalue weighted by Gasteiger charge is -2.28. The lowest BCUT2D eigenvalue weighted by atomic mass is 9.93. The molecule has 0 saturated heterocycles. The lowest BCUT2D eigenvalue weighted by Crippen LogP contribution is -2.37. The van der Waals surface area contributed by atoms with E-state index in [1.54, 1.807) is 12.1 Å². The zero-order valence-corrected chi connectivity index (χ0v) is 21.3. The van der Waals surface area contributed by atoms with Crippen LogP contribution >= 0.6 is 0 Å². The molecule has 0 saturated carbocycles. The molecule has 0 spiro atoms. The Balaban J connectivity index is 1.40. The summed E-state index contributed by atoms with van der Waals surface area (Å²) in [6, 6.07) is 8.80. The van der Waals surface area contributed by atoms with E-state index in [2.05, 4.69) is 20.5 Å². The Morgan fingerprint density at radius 1 is 0.810 bits per heavy atom. The molecule has 15 heteroatoms. The van der Waals surface area contributed by atoms with Crippen LogP contribution in [0.1, 0.15) is 22.3 Å². The van der Waals surface area contributed by atoms with Crippen molar-refractivity contribution in [3.05, 3.63) is 107 Å². The third kappa shape index (κ3) is 6.20. The number of hydrogen-bond donors (Lipinski definition) is 2. The van der Waals surface area contributed by atoms with E-state index in [0.29, 0.717) is 28.7 Å². The summed E-state index contributed by atoms with van der Waals surface area (Å²) in [4.78, 5) is 3.81. The van der Waals surface area contributed by atoms with Crippen LogP contribution in [-0.2, 0) is 37.6 Å². The average Bonchev–Trinajstić information content (AvgIpc) is 3.54. The number of anilines is 1. The van der Waals surface area contributed by atoms with Gasteiger partial charge in [-0.25, -0.2) is 18.4 Å². The van der Waals surface area contributed by atoms with E-state index in [4.69, 9.17) is 0 Å². The number of fused-ring (bicyclic) bond motifs is 1. The van der Waals surface area contributed by atoms with Crippen LogP contribution in [0.25, 0.3) is 10.9 Å². The van der Waals surface area contributed by atoms with E-state index in [9.17, 15) is 40.2 Å². The van der Waals surface area contributed by atoms with Crippen LogP contribution in [0.15, 0.2) is 73.4 Å². The summed E-state index contributed by atoms with van der Waals surface area (Å²) < 4.78 is 110. The fourth-order valence-corrected chi connectivity index (χ4v) is 4.57. The van der Waals surface area contributed by atoms with E-state index in [1.807, 2.05) is 0 Å². The first-order valence-electron chi connectivity index (χ1n) is 12.2. The van der Waals surface area contributed by atoms with Crippen molar-refractivity contribution in [1.29, 1.82) is 0 Å². The molecule has 42 heavy (non-hydrogen) atoms. The summed E-state index contributed by atoms with van der Waals surface area (Å²) in [5.74, 6) is -1.81. The highest BCUT2D eigenvalue weighted by molar-refractivity contribution is 5.82. The van der Waals surface area contributed by atoms with Gasteiger partial charge < -0.3 is 10.4 Å². The van der Waals surface area contributed by atoms with Crippen LogP contribution < -0.4 is 5.32 Å². The SMILES string of the molecule is OC(Cn1cncn1)(Cn1cc2cc(NCc3ccc(C(F)(F)F)cc3C(F)(F)F)ccc2n1)c1ccc(F)cc1F. The molecule has 0 amide bonds. The molecular weight excluding hydrogens is 576 g/mol. The summed E-state index contributed by atoms with van der Waals surface area (Å²) in [7, 11) is 0. The molecule has 2 aromatic heterocycles. The van der Waals surface area contributed by atoms with E-state index in [-0.39, 0.29) is 30.3 Å². The molecule has 2 N–H and O–H groups in total. The molecule has 5 aromatic rings. The van der Waals surface area contributed by atoms with Gasteiger partial charge in [0.05, 0.1) is 29.7 Å². The molecule has 0 fully saturated rings. The Labute approximate surface area is 232 Å². The van der Waals surface area contributed by atoms with Crippen molar-refractivity contribution < 1.29 is 40.2 Å². The molecule has 0 radical (unpaired) electrons. The van der Waals surface area contributed by atoms with Gasteiger partial charge in [0.1, 0.15) is 29.9 Å². The fraction of sp³-hybridized carbons (Fsp3) is 0.222. The molecule has 5 rings (SSSR count). The molecular formula is C27H20F8N6O. The number of rotatable bonds is 8. The monoisotopic (exact) mass is 596 g/mol. The molecule has 7 nitrogen and oxygen atoms in total. The highest BCUT2D eigenvalue weighted by atomic mass is 19.4.